The summed E-state index contributed by atoms with van der Waals surface area (Å²) >= 11 is 1.47. The van der Waals surface area contributed by atoms with Gasteiger partial charge in [-0.3, -0.25) is 4.98 Å². The zero-order valence-electron chi connectivity index (χ0n) is 12.9. The first-order chi connectivity index (χ1) is 11.2. The number of pyridine rings is 1. The fourth-order valence-electron chi connectivity index (χ4n) is 2.46. The van der Waals surface area contributed by atoms with Gasteiger partial charge in [0.2, 0.25) is 0 Å². The molecule has 0 aliphatic carbocycles. The molecule has 0 aliphatic rings. The highest BCUT2D eigenvalue weighted by Crippen LogP contribution is 2.36. The topological polar surface area (TPSA) is 70.3 Å². The Bertz CT molecular complexity index is 803. The molecule has 0 bridgehead atoms. The van der Waals surface area contributed by atoms with Crippen molar-refractivity contribution in [3.05, 3.63) is 53.0 Å². The Balaban J connectivity index is 2.02. The van der Waals surface area contributed by atoms with Crippen molar-refractivity contribution in [3.8, 4) is 22.9 Å². The summed E-state index contributed by atoms with van der Waals surface area (Å²) < 4.78 is 10.9. The molecule has 0 radical (unpaired) electrons. The fourth-order valence-corrected chi connectivity index (χ4v) is 3.32. The molecule has 3 aromatic rings. The van der Waals surface area contributed by atoms with Crippen LogP contribution in [0.2, 0.25) is 0 Å². The lowest BCUT2D eigenvalue weighted by atomic mass is 10.1. The SMILES string of the molecule is COc1cccc(Cc2sc(N)nc2-c2ccccn2)c1OC. The van der Waals surface area contributed by atoms with Crippen LogP contribution in [-0.4, -0.2) is 24.2 Å². The molecular formula is C17H17N3O2S. The highest BCUT2D eigenvalue weighted by molar-refractivity contribution is 7.15. The van der Waals surface area contributed by atoms with Gasteiger partial charge in [-0.1, -0.05) is 18.2 Å². The maximum absolute atomic E-state index is 5.92. The van der Waals surface area contributed by atoms with Crippen molar-refractivity contribution in [1.82, 2.24) is 9.97 Å². The van der Waals surface area contributed by atoms with Crippen molar-refractivity contribution in [3.63, 3.8) is 0 Å². The van der Waals surface area contributed by atoms with Gasteiger partial charge in [-0.15, -0.1) is 11.3 Å². The molecule has 118 valence electrons. The van der Waals surface area contributed by atoms with Gasteiger partial charge >= 0.3 is 0 Å². The third kappa shape index (κ3) is 3.12. The number of methoxy groups -OCH3 is 2. The van der Waals surface area contributed by atoms with E-state index in [0.29, 0.717) is 17.3 Å². The van der Waals surface area contributed by atoms with E-state index in [2.05, 4.69) is 9.97 Å². The lowest BCUT2D eigenvalue weighted by Crippen LogP contribution is -1.97. The molecule has 6 heteroatoms. The Morgan fingerprint density at radius 2 is 1.96 bits per heavy atom. The van der Waals surface area contributed by atoms with Crippen LogP contribution in [0.15, 0.2) is 42.6 Å². The summed E-state index contributed by atoms with van der Waals surface area (Å²) in [6.45, 7) is 0. The van der Waals surface area contributed by atoms with Gasteiger partial charge in [0.05, 0.1) is 19.9 Å². The van der Waals surface area contributed by atoms with Crippen LogP contribution >= 0.6 is 11.3 Å². The maximum Gasteiger partial charge on any atom is 0.180 e. The van der Waals surface area contributed by atoms with Gasteiger partial charge in [-0.05, 0) is 18.2 Å². The van der Waals surface area contributed by atoms with Gasteiger partial charge in [-0.2, -0.15) is 0 Å². The van der Waals surface area contributed by atoms with Crippen LogP contribution in [0.5, 0.6) is 11.5 Å². The number of thiazole rings is 1. The molecule has 2 heterocycles. The number of hydrogen-bond donors (Lipinski definition) is 1. The van der Waals surface area contributed by atoms with Crippen molar-refractivity contribution in [1.29, 1.82) is 0 Å². The molecule has 0 aliphatic heterocycles. The molecule has 0 atom stereocenters. The zero-order valence-corrected chi connectivity index (χ0v) is 13.8. The van der Waals surface area contributed by atoms with E-state index in [1.807, 2.05) is 36.4 Å². The first-order valence-electron chi connectivity index (χ1n) is 7.09. The Labute approximate surface area is 138 Å². The summed E-state index contributed by atoms with van der Waals surface area (Å²) in [5.74, 6) is 1.44. The number of aromatic nitrogens is 2. The highest BCUT2D eigenvalue weighted by Gasteiger charge is 2.17. The second-order valence-corrected chi connectivity index (χ2v) is 5.98. The van der Waals surface area contributed by atoms with Gasteiger partial charge < -0.3 is 15.2 Å². The monoisotopic (exact) mass is 327 g/mol. The third-order valence-corrected chi connectivity index (χ3v) is 4.34. The van der Waals surface area contributed by atoms with E-state index in [0.717, 1.165) is 27.6 Å². The second-order valence-electron chi connectivity index (χ2n) is 4.87. The number of ether oxygens (including phenoxy) is 2. The van der Waals surface area contributed by atoms with Gasteiger partial charge in [0, 0.05) is 23.1 Å². The average molecular weight is 327 g/mol. The summed E-state index contributed by atoms with van der Waals surface area (Å²) in [5, 5.41) is 0.530. The predicted octanol–water partition coefficient (Wildman–Crippen LogP) is 3.40. The van der Waals surface area contributed by atoms with Crippen molar-refractivity contribution in [2.45, 2.75) is 6.42 Å². The summed E-state index contributed by atoms with van der Waals surface area (Å²) in [5.41, 5.74) is 8.58. The number of nitrogen functional groups attached to an aromatic ring is 1. The van der Waals surface area contributed by atoms with Crippen LogP contribution in [0.1, 0.15) is 10.4 Å². The zero-order chi connectivity index (χ0) is 16.2. The van der Waals surface area contributed by atoms with Crippen LogP contribution in [0.4, 0.5) is 5.13 Å². The number of nitrogens with two attached hydrogens (primary N) is 1. The summed E-state index contributed by atoms with van der Waals surface area (Å²) in [7, 11) is 3.27. The predicted molar refractivity (Wildman–Crippen MR) is 92.1 cm³/mol. The van der Waals surface area contributed by atoms with Crippen molar-refractivity contribution < 1.29 is 9.47 Å². The van der Waals surface area contributed by atoms with Crippen molar-refractivity contribution in [2.75, 3.05) is 20.0 Å². The molecule has 0 unspecified atom stereocenters. The maximum atomic E-state index is 5.92. The molecule has 0 saturated carbocycles. The Morgan fingerprint density at radius 3 is 2.65 bits per heavy atom. The number of anilines is 1. The Hall–Kier alpha value is -2.60. The number of benzene rings is 1. The van der Waals surface area contributed by atoms with Crippen LogP contribution in [0.3, 0.4) is 0 Å². The largest absolute Gasteiger partial charge is 0.493 e. The Morgan fingerprint density at radius 1 is 1.09 bits per heavy atom. The number of hydrogen-bond acceptors (Lipinski definition) is 6. The molecule has 0 fully saturated rings. The van der Waals surface area contributed by atoms with Gasteiger partial charge in [0.15, 0.2) is 16.6 Å². The quantitative estimate of drug-likeness (QED) is 0.778. The van der Waals surface area contributed by atoms with Crippen LogP contribution < -0.4 is 15.2 Å². The normalized spacial score (nSPS) is 10.5. The molecule has 0 amide bonds. The van der Waals surface area contributed by atoms with Crippen molar-refractivity contribution in [2.24, 2.45) is 0 Å². The van der Waals surface area contributed by atoms with E-state index >= 15 is 0 Å². The first-order valence-corrected chi connectivity index (χ1v) is 7.91. The first kappa shape index (κ1) is 15.3. The number of para-hydroxylation sites is 1. The minimum atomic E-state index is 0.530. The molecule has 3 rings (SSSR count). The summed E-state index contributed by atoms with van der Waals surface area (Å²) in [6.07, 6.45) is 2.40. The number of rotatable bonds is 5. The third-order valence-electron chi connectivity index (χ3n) is 3.46. The summed E-state index contributed by atoms with van der Waals surface area (Å²) in [4.78, 5) is 9.86. The number of nitrogens with zero attached hydrogens (tertiary/aromatic N) is 2. The van der Waals surface area contributed by atoms with Crippen LogP contribution in [0, 0.1) is 0 Å². The molecule has 23 heavy (non-hydrogen) atoms. The van der Waals surface area contributed by atoms with E-state index < -0.39 is 0 Å². The fraction of sp³-hybridized carbons (Fsp3) is 0.176. The molecule has 0 saturated heterocycles. The standard InChI is InChI=1S/C17H17N3O2S/c1-21-13-8-5-6-11(16(13)22-2)10-14-15(20-17(18)23-14)12-7-3-4-9-19-12/h3-9H,10H2,1-2H3,(H2,18,20). The minimum absolute atomic E-state index is 0.530. The lowest BCUT2D eigenvalue weighted by molar-refractivity contribution is 0.352. The summed E-state index contributed by atoms with van der Waals surface area (Å²) in [6, 6.07) is 11.6. The van der Waals surface area contributed by atoms with E-state index in [1.165, 1.54) is 11.3 Å². The van der Waals surface area contributed by atoms with Crippen molar-refractivity contribution >= 4 is 16.5 Å². The van der Waals surface area contributed by atoms with Gasteiger partial charge in [0.25, 0.3) is 0 Å². The van der Waals surface area contributed by atoms with E-state index in [1.54, 1.807) is 20.4 Å². The van der Waals surface area contributed by atoms with E-state index in [-0.39, 0.29) is 0 Å². The highest BCUT2D eigenvalue weighted by atomic mass is 32.1. The molecule has 2 aromatic heterocycles. The van der Waals surface area contributed by atoms with E-state index in [9.17, 15) is 0 Å². The molecule has 1 aromatic carbocycles. The lowest BCUT2D eigenvalue weighted by Gasteiger charge is -2.12. The molecule has 5 nitrogen and oxygen atoms in total. The Kier molecular flexibility index (Phi) is 4.43. The van der Waals surface area contributed by atoms with Crippen LogP contribution in [0.25, 0.3) is 11.4 Å². The second kappa shape index (κ2) is 6.66. The smallest absolute Gasteiger partial charge is 0.180 e. The average Bonchev–Trinajstić information content (AvgIpc) is 2.95. The van der Waals surface area contributed by atoms with Gasteiger partial charge in [0.1, 0.15) is 5.69 Å². The minimum Gasteiger partial charge on any atom is -0.493 e. The van der Waals surface area contributed by atoms with E-state index in [4.69, 9.17) is 15.2 Å². The molecule has 2 N–H and O–H groups in total. The van der Waals surface area contributed by atoms with Crippen LogP contribution in [-0.2, 0) is 6.42 Å². The molecule has 0 spiro atoms. The van der Waals surface area contributed by atoms with Gasteiger partial charge in [-0.25, -0.2) is 4.98 Å². The molecular weight excluding hydrogens is 310 g/mol.